The number of nitrogens with one attached hydrogen (secondary N) is 1. The first-order valence-electron chi connectivity index (χ1n) is 7.81. The van der Waals surface area contributed by atoms with Crippen LogP contribution in [0.1, 0.15) is 35.7 Å². The molecule has 2 aromatic rings. The third-order valence-corrected chi connectivity index (χ3v) is 3.90. The van der Waals surface area contributed by atoms with Gasteiger partial charge in [-0.3, -0.25) is 4.79 Å². The van der Waals surface area contributed by atoms with Crippen LogP contribution in [0.5, 0.6) is 5.75 Å². The van der Waals surface area contributed by atoms with Crippen molar-refractivity contribution in [1.82, 2.24) is 0 Å². The summed E-state index contributed by atoms with van der Waals surface area (Å²) in [7, 11) is 1.27. The molecule has 0 unspecified atom stereocenters. The molecular weight excluding hydrogens is 342 g/mol. The third-order valence-electron chi connectivity index (χ3n) is 3.57. The molecule has 1 amide bonds. The fourth-order valence-electron chi connectivity index (χ4n) is 2.16. The van der Waals surface area contributed by atoms with Gasteiger partial charge in [0.15, 0.2) is 6.61 Å². The number of hydrogen-bond acceptors (Lipinski definition) is 4. The number of carbonyl (C=O) groups excluding carboxylic acids is 2. The summed E-state index contributed by atoms with van der Waals surface area (Å²) in [5.74, 6) is 0.144. The molecule has 0 atom stereocenters. The summed E-state index contributed by atoms with van der Waals surface area (Å²) in [4.78, 5) is 23.6. The molecule has 0 aromatic heterocycles. The number of amides is 1. The van der Waals surface area contributed by atoms with Crippen LogP contribution in [0.4, 0.5) is 5.69 Å². The van der Waals surface area contributed by atoms with Crippen molar-refractivity contribution in [3.8, 4) is 5.75 Å². The van der Waals surface area contributed by atoms with Gasteiger partial charge in [-0.15, -0.1) is 0 Å². The maximum Gasteiger partial charge on any atom is 0.339 e. The Labute approximate surface area is 151 Å². The Kier molecular flexibility index (Phi) is 6.42. The molecule has 0 heterocycles. The molecule has 132 valence electrons. The standard InChI is InChI=1S/C19H20ClNO4/c1-12(2)13-4-7-15(8-5-13)25-11-18(22)21-14-6-9-17(20)16(10-14)19(23)24-3/h4-10,12H,11H2,1-3H3,(H,21,22). The molecule has 0 aliphatic rings. The third kappa shape index (κ3) is 5.22. The molecular formula is C19H20ClNO4. The van der Waals surface area contributed by atoms with E-state index in [1.165, 1.54) is 24.8 Å². The topological polar surface area (TPSA) is 64.6 Å². The second-order valence-electron chi connectivity index (χ2n) is 5.75. The van der Waals surface area contributed by atoms with E-state index in [-0.39, 0.29) is 23.1 Å². The number of halogens is 1. The summed E-state index contributed by atoms with van der Waals surface area (Å²) in [6.07, 6.45) is 0. The van der Waals surface area contributed by atoms with E-state index < -0.39 is 5.97 Å². The van der Waals surface area contributed by atoms with E-state index in [4.69, 9.17) is 16.3 Å². The number of methoxy groups -OCH3 is 1. The average Bonchev–Trinajstić information content (AvgIpc) is 2.61. The highest BCUT2D eigenvalue weighted by molar-refractivity contribution is 6.33. The van der Waals surface area contributed by atoms with Crippen molar-refractivity contribution in [3.05, 3.63) is 58.6 Å². The normalized spacial score (nSPS) is 10.4. The van der Waals surface area contributed by atoms with Crippen molar-refractivity contribution in [2.45, 2.75) is 19.8 Å². The maximum absolute atomic E-state index is 12.0. The zero-order valence-corrected chi connectivity index (χ0v) is 15.1. The summed E-state index contributed by atoms with van der Waals surface area (Å²) in [6, 6.07) is 12.2. The van der Waals surface area contributed by atoms with Crippen LogP contribution in [0.3, 0.4) is 0 Å². The lowest BCUT2D eigenvalue weighted by Crippen LogP contribution is -2.20. The molecule has 0 saturated heterocycles. The lowest BCUT2D eigenvalue weighted by Gasteiger charge is -2.10. The monoisotopic (exact) mass is 361 g/mol. The Morgan fingerprint density at radius 1 is 1.12 bits per heavy atom. The van der Waals surface area contributed by atoms with Gasteiger partial charge in [0.2, 0.25) is 0 Å². The molecule has 5 nitrogen and oxygen atoms in total. The second kappa shape index (κ2) is 8.53. The van der Waals surface area contributed by atoms with Gasteiger partial charge in [0.25, 0.3) is 5.91 Å². The molecule has 2 rings (SSSR count). The quantitative estimate of drug-likeness (QED) is 0.780. The SMILES string of the molecule is COC(=O)c1cc(NC(=O)COc2ccc(C(C)C)cc2)ccc1Cl. The smallest absolute Gasteiger partial charge is 0.339 e. The summed E-state index contributed by atoms with van der Waals surface area (Å²) in [5, 5.41) is 2.91. The lowest BCUT2D eigenvalue weighted by molar-refractivity contribution is -0.118. The minimum atomic E-state index is -0.567. The number of ether oxygens (including phenoxy) is 2. The van der Waals surface area contributed by atoms with Gasteiger partial charge < -0.3 is 14.8 Å². The number of anilines is 1. The largest absolute Gasteiger partial charge is 0.484 e. The van der Waals surface area contributed by atoms with E-state index in [9.17, 15) is 9.59 Å². The molecule has 1 N–H and O–H groups in total. The van der Waals surface area contributed by atoms with Gasteiger partial charge >= 0.3 is 5.97 Å². The van der Waals surface area contributed by atoms with Gasteiger partial charge in [-0.05, 0) is 41.8 Å². The first-order chi connectivity index (χ1) is 11.9. The van der Waals surface area contributed by atoms with E-state index in [2.05, 4.69) is 23.9 Å². The Morgan fingerprint density at radius 3 is 2.40 bits per heavy atom. The fraction of sp³-hybridized carbons (Fsp3) is 0.263. The lowest BCUT2D eigenvalue weighted by atomic mass is 10.0. The van der Waals surface area contributed by atoms with Crippen LogP contribution in [0, 0.1) is 0 Å². The van der Waals surface area contributed by atoms with E-state index in [1.807, 2.05) is 24.3 Å². The summed E-state index contributed by atoms with van der Waals surface area (Å²) < 4.78 is 10.1. The number of carbonyl (C=O) groups is 2. The number of hydrogen-bond donors (Lipinski definition) is 1. The van der Waals surface area contributed by atoms with Crippen LogP contribution in [0.15, 0.2) is 42.5 Å². The van der Waals surface area contributed by atoms with Gasteiger partial charge in [-0.25, -0.2) is 4.79 Å². The predicted molar refractivity (Wildman–Crippen MR) is 97.4 cm³/mol. The minimum absolute atomic E-state index is 0.142. The summed E-state index contributed by atoms with van der Waals surface area (Å²) in [6.45, 7) is 4.08. The van der Waals surface area contributed by atoms with Crippen LogP contribution in [0.25, 0.3) is 0 Å². The minimum Gasteiger partial charge on any atom is -0.484 e. The summed E-state index contributed by atoms with van der Waals surface area (Å²) >= 11 is 5.94. The molecule has 0 bridgehead atoms. The highest BCUT2D eigenvalue weighted by atomic mass is 35.5. The maximum atomic E-state index is 12.0. The van der Waals surface area contributed by atoms with Crippen LogP contribution in [-0.2, 0) is 9.53 Å². The van der Waals surface area contributed by atoms with Gasteiger partial charge in [-0.1, -0.05) is 37.6 Å². The average molecular weight is 362 g/mol. The van der Waals surface area contributed by atoms with E-state index in [0.29, 0.717) is 17.4 Å². The molecule has 0 aliphatic carbocycles. The number of benzene rings is 2. The number of esters is 1. The van der Waals surface area contributed by atoms with Crippen molar-refractivity contribution in [3.63, 3.8) is 0 Å². The Bertz CT molecular complexity index is 757. The van der Waals surface area contributed by atoms with Gasteiger partial charge in [-0.2, -0.15) is 0 Å². The predicted octanol–water partition coefficient (Wildman–Crippen LogP) is 4.27. The van der Waals surface area contributed by atoms with Crippen molar-refractivity contribution in [2.75, 3.05) is 19.0 Å². The molecule has 0 radical (unpaired) electrons. The van der Waals surface area contributed by atoms with Crippen molar-refractivity contribution < 1.29 is 19.1 Å². The zero-order valence-electron chi connectivity index (χ0n) is 14.3. The highest BCUT2D eigenvalue weighted by Gasteiger charge is 2.13. The molecule has 25 heavy (non-hydrogen) atoms. The van der Waals surface area contributed by atoms with Crippen LogP contribution in [0.2, 0.25) is 5.02 Å². The highest BCUT2D eigenvalue weighted by Crippen LogP contribution is 2.22. The zero-order chi connectivity index (χ0) is 18.4. The summed E-state index contributed by atoms with van der Waals surface area (Å²) in [5.41, 5.74) is 1.83. The number of rotatable bonds is 6. The van der Waals surface area contributed by atoms with Crippen LogP contribution >= 0.6 is 11.6 Å². The van der Waals surface area contributed by atoms with E-state index in [1.54, 1.807) is 6.07 Å². The van der Waals surface area contributed by atoms with Crippen molar-refractivity contribution in [1.29, 1.82) is 0 Å². The Balaban J connectivity index is 1.95. The second-order valence-corrected chi connectivity index (χ2v) is 6.15. The fourth-order valence-corrected chi connectivity index (χ4v) is 2.36. The van der Waals surface area contributed by atoms with Crippen molar-refractivity contribution >= 4 is 29.2 Å². The van der Waals surface area contributed by atoms with Gasteiger partial charge in [0.1, 0.15) is 5.75 Å². The molecule has 2 aromatic carbocycles. The van der Waals surface area contributed by atoms with E-state index in [0.717, 1.165) is 0 Å². The van der Waals surface area contributed by atoms with E-state index >= 15 is 0 Å². The van der Waals surface area contributed by atoms with Crippen molar-refractivity contribution in [2.24, 2.45) is 0 Å². The molecule has 0 fully saturated rings. The first kappa shape index (κ1) is 18.8. The molecule has 0 aliphatic heterocycles. The van der Waals surface area contributed by atoms with Crippen LogP contribution < -0.4 is 10.1 Å². The van der Waals surface area contributed by atoms with Gasteiger partial charge in [0, 0.05) is 5.69 Å². The molecule has 0 spiro atoms. The van der Waals surface area contributed by atoms with Gasteiger partial charge in [0.05, 0.1) is 17.7 Å². The molecule has 6 heteroatoms. The first-order valence-corrected chi connectivity index (χ1v) is 8.19. The Hall–Kier alpha value is -2.53. The van der Waals surface area contributed by atoms with Crippen LogP contribution in [-0.4, -0.2) is 25.6 Å². The molecule has 0 saturated carbocycles. The Morgan fingerprint density at radius 2 is 1.80 bits per heavy atom.